The normalized spacial score (nSPS) is 23.7. The van der Waals surface area contributed by atoms with Crippen molar-refractivity contribution in [3.8, 4) is 5.88 Å². The maximum Gasteiger partial charge on any atom is 0.218 e. The smallest absolute Gasteiger partial charge is 0.218 e. The Kier molecular flexibility index (Phi) is 2.96. The molecular formula is C17H18N2OS. The zero-order valence-corrected chi connectivity index (χ0v) is 12.7. The van der Waals surface area contributed by atoms with Crippen molar-refractivity contribution in [3.63, 3.8) is 0 Å². The van der Waals surface area contributed by atoms with Crippen LogP contribution in [-0.4, -0.2) is 15.1 Å². The molecule has 108 valence electrons. The van der Waals surface area contributed by atoms with E-state index in [4.69, 9.17) is 0 Å². The van der Waals surface area contributed by atoms with Crippen LogP contribution in [0.3, 0.4) is 0 Å². The fourth-order valence-corrected chi connectivity index (χ4v) is 4.19. The van der Waals surface area contributed by atoms with Crippen molar-refractivity contribution in [1.29, 1.82) is 0 Å². The van der Waals surface area contributed by atoms with Crippen molar-refractivity contribution in [3.05, 3.63) is 46.6 Å². The molecule has 1 N–H and O–H groups in total. The quantitative estimate of drug-likeness (QED) is 0.580. The summed E-state index contributed by atoms with van der Waals surface area (Å²) in [6.07, 6.45) is 6.39. The molecule has 2 aliphatic carbocycles. The lowest BCUT2D eigenvalue weighted by molar-refractivity contribution is 0.204. The van der Waals surface area contributed by atoms with Gasteiger partial charge in [-0.2, -0.15) is 4.98 Å². The fourth-order valence-electron chi connectivity index (χ4n) is 3.97. The molecule has 1 atom stereocenters. The molecule has 0 fully saturated rings. The number of hydrogen-bond acceptors (Lipinski definition) is 4. The highest BCUT2D eigenvalue weighted by atomic mass is 32.1. The lowest BCUT2D eigenvalue weighted by Crippen LogP contribution is -2.35. The van der Waals surface area contributed by atoms with E-state index in [0.717, 1.165) is 43.4 Å². The van der Waals surface area contributed by atoms with Gasteiger partial charge < -0.3 is 5.11 Å². The Hall–Kier alpha value is -1.55. The van der Waals surface area contributed by atoms with E-state index in [1.54, 1.807) is 0 Å². The van der Waals surface area contributed by atoms with E-state index in [9.17, 15) is 5.11 Å². The third-order valence-electron chi connectivity index (χ3n) is 5.12. The molecule has 1 aromatic heterocycles. The molecule has 4 rings (SSSR count). The van der Waals surface area contributed by atoms with Gasteiger partial charge in [0.15, 0.2) is 5.16 Å². The van der Waals surface area contributed by atoms with Crippen molar-refractivity contribution in [1.82, 2.24) is 9.97 Å². The second-order valence-electron chi connectivity index (χ2n) is 6.39. The molecule has 0 aliphatic heterocycles. The number of fused-ring (bicyclic) bond motifs is 2. The minimum Gasteiger partial charge on any atom is -0.493 e. The summed E-state index contributed by atoms with van der Waals surface area (Å²) in [5, 5.41) is 10.4. The number of thiol groups is 1. The number of benzene rings is 1. The number of rotatable bonds is 0. The van der Waals surface area contributed by atoms with Crippen molar-refractivity contribution >= 4 is 12.6 Å². The first-order valence-corrected chi connectivity index (χ1v) is 7.94. The van der Waals surface area contributed by atoms with Crippen LogP contribution in [0.4, 0.5) is 0 Å². The number of aromatic hydroxyl groups is 1. The van der Waals surface area contributed by atoms with Gasteiger partial charge in [-0.3, -0.25) is 0 Å². The topological polar surface area (TPSA) is 46.0 Å². The second kappa shape index (κ2) is 4.73. The molecule has 4 heteroatoms. The number of aromatic nitrogens is 2. The van der Waals surface area contributed by atoms with Gasteiger partial charge in [0.2, 0.25) is 5.88 Å². The highest BCUT2D eigenvalue weighted by molar-refractivity contribution is 7.80. The summed E-state index contributed by atoms with van der Waals surface area (Å²) in [6.45, 7) is 0. The highest BCUT2D eigenvalue weighted by Gasteiger charge is 2.39. The Labute approximate surface area is 129 Å². The average Bonchev–Trinajstić information content (AvgIpc) is 2.46. The van der Waals surface area contributed by atoms with Crippen LogP contribution in [0.15, 0.2) is 29.4 Å². The molecule has 0 saturated carbocycles. The molecule has 0 amide bonds. The van der Waals surface area contributed by atoms with Crippen molar-refractivity contribution < 1.29 is 5.11 Å². The van der Waals surface area contributed by atoms with Crippen LogP contribution in [0.5, 0.6) is 5.88 Å². The Morgan fingerprint density at radius 2 is 1.76 bits per heavy atom. The maximum absolute atomic E-state index is 9.98. The van der Waals surface area contributed by atoms with Crippen LogP contribution >= 0.6 is 12.6 Å². The Morgan fingerprint density at radius 1 is 1.00 bits per heavy atom. The molecule has 0 saturated heterocycles. The third kappa shape index (κ3) is 2.22. The molecule has 0 unspecified atom stereocenters. The van der Waals surface area contributed by atoms with Crippen LogP contribution < -0.4 is 0 Å². The van der Waals surface area contributed by atoms with Gasteiger partial charge in [0.05, 0.1) is 5.69 Å². The van der Waals surface area contributed by atoms with E-state index in [2.05, 4.69) is 46.9 Å². The van der Waals surface area contributed by atoms with Crippen molar-refractivity contribution in [2.75, 3.05) is 0 Å². The Morgan fingerprint density at radius 3 is 2.62 bits per heavy atom. The molecule has 3 nitrogen and oxygen atoms in total. The molecule has 1 spiro atoms. The Balaban J connectivity index is 1.70. The van der Waals surface area contributed by atoms with Crippen LogP contribution in [0.2, 0.25) is 0 Å². The summed E-state index contributed by atoms with van der Waals surface area (Å²) >= 11 is 4.20. The van der Waals surface area contributed by atoms with E-state index in [0.29, 0.717) is 10.6 Å². The van der Waals surface area contributed by atoms with Gasteiger partial charge in [-0.1, -0.05) is 24.3 Å². The minimum atomic E-state index is 0.121. The summed E-state index contributed by atoms with van der Waals surface area (Å²) in [5.74, 6) is 0.121. The van der Waals surface area contributed by atoms with Crippen molar-refractivity contribution in [2.24, 2.45) is 5.41 Å². The summed E-state index contributed by atoms with van der Waals surface area (Å²) in [6, 6.07) is 8.77. The molecule has 0 radical (unpaired) electrons. The van der Waals surface area contributed by atoms with E-state index in [1.165, 1.54) is 17.5 Å². The van der Waals surface area contributed by atoms with E-state index in [-0.39, 0.29) is 5.88 Å². The molecule has 1 heterocycles. The van der Waals surface area contributed by atoms with Gasteiger partial charge in [0, 0.05) is 5.56 Å². The lowest BCUT2D eigenvalue weighted by Gasteiger charge is -2.41. The monoisotopic (exact) mass is 298 g/mol. The van der Waals surface area contributed by atoms with Gasteiger partial charge in [-0.05, 0) is 55.1 Å². The zero-order chi connectivity index (χ0) is 14.4. The van der Waals surface area contributed by atoms with E-state index in [1.807, 2.05) is 0 Å². The van der Waals surface area contributed by atoms with Crippen LogP contribution in [0.25, 0.3) is 0 Å². The zero-order valence-electron chi connectivity index (χ0n) is 11.8. The molecular weight excluding hydrogens is 280 g/mol. The van der Waals surface area contributed by atoms with Crippen molar-refractivity contribution in [2.45, 2.75) is 43.7 Å². The molecule has 2 aliphatic rings. The predicted octanol–water partition coefficient (Wildman–Crippen LogP) is 3.13. The number of aryl methyl sites for hydroxylation is 1. The standard InChI is InChI=1S/C17H18N2OS/c20-15-13-6-8-17(10-14(13)18-16(21)19-15)7-5-11-3-1-2-4-12(11)9-17/h1-4H,5-10H2,(H2,18,19,20,21)/t17-/m0/s1. The van der Waals surface area contributed by atoms with Gasteiger partial charge in [0.25, 0.3) is 0 Å². The summed E-state index contributed by atoms with van der Waals surface area (Å²) in [7, 11) is 0. The maximum atomic E-state index is 9.98. The second-order valence-corrected chi connectivity index (χ2v) is 6.79. The van der Waals surface area contributed by atoms with Gasteiger partial charge in [-0.15, -0.1) is 12.6 Å². The van der Waals surface area contributed by atoms with Crippen LogP contribution in [-0.2, 0) is 25.7 Å². The summed E-state index contributed by atoms with van der Waals surface area (Å²) in [5.41, 5.74) is 5.20. The first-order valence-electron chi connectivity index (χ1n) is 7.50. The lowest BCUT2D eigenvalue weighted by atomic mass is 9.63. The average molecular weight is 298 g/mol. The van der Waals surface area contributed by atoms with Gasteiger partial charge in [0.1, 0.15) is 0 Å². The minimum absolute atomic E-state index is 0.121. The Bertz CT molecular complexity index is 716. The van der Waals surface area contributed by atoms with E-state index < -0.39 is 0 Å². The van der Waals surface area contributed by atoms with Gasteiger partial charge >= 0.3 is 0 Å². The van der Waals surface area contributed by atoms with E-state index >= 15 is 0 Å². The molecule has 1 aromatic carbocycles. The van der Waals surface area contributed by atoms with Crippen LogP contribution in [0.1, 0.15) is 35.2 Å². The summed E-state index contributed by atoms with van der Waals surface area (Å²) in [4.78, 5) is 8.44. The molecule has 0 bridgehead atoms. The first-order chi connectivity index (χ1) is 10.2. The number of hydrogen-bond donors (Lipinski definition) is 2. The van der Waals surface area contributed by atoms with Crippen LogP contribution in [0, 0.1) is 5.41 Å². The largest absolute Gasteiger partial charge is 0.493 e. The number of nitrogens with zero attached hydrogens (tertiary/aromatic N) is 2. The highest BCUT2D eigenvalue weighted by Crippen LogP contribution is 2.46. The molecule has 2 aromatic rings. The SMILES string of the molecule is Oc1nc(S)nc2c1CC[C@]1(CCc3ccccc3C1)C2. The molecule has 21 heavy (non-hydrogen) atoms. The third-order valence-corrected chi connectivity index (χ3v) is 5.32. The fraction of sp³-hybridized carbons (Fsp3) is 0.412. The predicted molar refractivity (Wildman–Crippen MR) is 83.9 cm³/mol. The van der Waals surface area contributed by atoms with Gasteiger partial charge in [-0.25, -0.2) is 4.98 Å². The summed E-state index contributed by atoms with van der Waals surface area (Å²) < 4.78 is 0. The first kappa shape index (κ1) is 13.1.